The number of aryl methyl sites for hydroxylation is 1. The van der Waals surface area contributed by atoms with E-state index in [-0.39, 0.29) is 5.56 Å². The molecule has 0 saturated heterocycles. The smallest absolute Gasteiger partial charge is 0.335 e. The second-order valence-electron chi connectivity index (χ2n) is 6.56. The molecule has 2 aromatic carbocycles. The van der Waals surface area contributed by atoms with Crippen molar-refractivity contribution < 1.29 is 9.84 Å². The molecule has 0 unspecified atom stereocenters. The zero-order valence-electron chi connectivity index (χ0n) is 16.4. The lowest BCUT2D eigenvalue weighted by atomic mass is 10.1. The quantitative estimate of drug-likeness (QED) is 0.602. The van der Waals surface area contributed by atoms with E-state index in [9.17, 15) is 14.7 Å². The summed E-state index contributed by atoms with van der Waals surface area (Å²) in [6.07, 6.45) is 4.52. The summed E-state index contributed by atoms with van der Waals surface area (Å²) in [6.45, 7) is 2.15. The van der Waals surface area contributed by atoms with Crippen molar-refractivity contribution in [1.82, 2.24) is 9.55 Å². The van der Waals surface area contributed by atoms with Gasteiger partial charge in [-0.3, -0.25) is 14.8 Å². The summed E-state index contributed by atoms with van der Waals surface area (Å²) in [7, 11) is 1.53. The fraction of sp³-hybridized carbons (Fsp3) is 0.227. The first kappa shape index (κ1) is 20.1. The van der Waals surface area contributed by atoms with Crippen molar-refractivity contribution in [3.8, 4) is 17.3 Å². The number of aromatic nitrogens is 2. The Morgan fingerprint density at radius 3 is 2.41 bits per heavy atom. The van der Waals surface area contributed by atoms with Crippen molar-refractivity contribution in [2.45, 2.75) is 26.2 Å². The first-order valence-corrected chi connectivity index (χ1v) is 9.39. The van der Waals surface area contributed by atoms with Crippen LogP contribution >= 0.6 is 0 Å². The van der Waals surface area contributed by atoms with Crippen LogP contribution in [0.25, 0.3) is 5.69 Å². The number of benzene rings is 2. The maximum absolute atomic E-state index is 12.2. The molecule has 1 heterocycles. The summed E-state index contributed by atoms with van der Waals surface area (Å²) >= 11 is 0. The third-order valence-electron chi connectivity index (χ3n) is 4.55. The molecule has 3 aromatic rings. The highest BCUT2D eigenvalue weighted by molar-refractivity contribution is 5.84. The minimum atomic E-state index is -0.741. The molecule has 0 saturated carbocycles. The lowest BCUT2D eigenvalue weighted by molar-refractivity contribution is 0.414. The number of rotatable bonds is 7. The Bertz CT molecular complexity index is 1110. The molecule has 0 amide bonds. The van der Waals surface area contributed by atoms with Crippen LogP contribution in [-0.4, -0.2) is 28.0 Å². The molecular formula is C22H23N3O4. The maximum atomic E-state index is 12.2. The van der Waals surface area contributed by atoms with Gasteiger partial charge < -0.3 is 9.84 Å². The highest BCUT2D eigenvalue weighted by Crippen LogP contribution is 2.20. The zero-order chi connectivity index (χ0) is 20.8. The predicted octanol–water partition coefficient (Wildman–Crippen LogP) is 3.33. The fourth-order valence-electron chi connectivity index (χ4n) is 2.89. The van der Waals surface area contributed by atoms with E-state index in [1.165, 1.54) is 18.9 Å². The molecular weight excluding hydrogens is 370 g/mol. The van der Waals surface area contributed by atoms with Crippen LogP contribution < -0.4 is 16.0 Å². The molecule has 0 fully saturated rings. The molecule has 0 aliphatic rings. The number of hydrogen-bond acceptors (Lipinski definition) is 5. The van der Waals surface area contributed by atoms with Gasteiger partial charge in [0.2, 0.25) is 5.88 Å². The highest BCUT2D eigenvalue weighted by atomic mass is 16.5. The van der Waals surface area contributed by atoms with Crippen LogP contribution in [0.3, 0.4) is 0 Å². The molecule has 0 spiro atoms. The molecule has 0 atom stereocenters. The molecule has 0 bridgehead atoms. The summed E-state index contributed by atoms with van der Waals surface area (Å²) in [5.41, 5.74) is 0.705. The van der Waals surface area contributed by atoms with E-state index < -0.39 is 17.1 Å². The van der Waals surface area contributed by atoms with E-state index in [4.69, 9.17) is 4.74 Å². The Labute approximate surface area is 168 Å². The highest BCUT2D eigenvalue weighted by Gasteiger charge is 2.14. The minimum absolute atomic E-state index is 0.101. The first-order chi connectivity index (χ1) is 14.0. The van der Waals surface area contributed by atoms with E-state index in [2.05, 4.69) is 16.9 Å². The Morgan fingerprint density at radius 1 is 1.10 bits per heavy atom. The number of aromatic hydroxyl groups is 1. The Morgan fingerprint density at radius 2 is 1.79 bits per heavy atom. The van der Waals surface area contributed by atoms with Gasteiger partial charge in [0.05, 0.1) is 18.5 Å². The van der Waals surface area contributed by atoms with Gasteiger partial charge in [0, 0.05) is 6.21 Å². The van der Waals surface area contributed by atoms with E-state index in [0.717, 1.165) is 23.8 Å². The van der Waals surface area contributed by atoms with Crippen LogP contribution in [0.1, 0.15) is 30.9 Å². The summed E-state index contributed by atoms with van der Waals surface area (Å²) in [6, 6.07) is 14.2. The summed E-state index contributed by atoms with van der Waals surface area (Å²) < 4.78 is 6.11. The zero-order valence-corrected chi connectivity index (χ0v) is 16.4. The number of ether oxygens (including phenoxy) is 1. The van der Waals surface area contributed by atoms with Crippen molar-refractivity contribution in [3.05, 3.63) is 80.5 Å². The van der Waals surface area contributed by atoms with Crippen LogP contribution in [0.5, 0.6) is 11.6 Å². The van der Waals surface area contributed by atoms with Gasteiger partial charge in [-0.1, -0.05) is 25.5 Å². The van der Waals surface area contributed by atoms with Crippen molar-refractivity contribution in [1.29, 1.82) is 0 Å². The predicted molar refractivity (Wildman–Crippen MR) is 113 cm³/mol. The molecule has 1 aromatic heterocycles. The number of hydrogen-bond donors (Lipinski definition) is 2. The molecule has 0 aliphatic carbocycles. The van der Waals surface area contributed by atoms with Crippen LogP contribution in [0.2, 0.25) is 0 Å². The number of methoxy groups -OCH3 is 1. The number of H-pyrrole nitrogens is 1. The van der Waals surface area contributed by atoms with Crippen LogP contribution in [0.4, 0.5) is 5.69 Å². The van der Waals surface area contributed by atoms with Gasteiger partial charge in [0.15, 0.2) is 0 Å². The van der Waals surface area contributed by atoms with Crippen LogP contribution in [0, 0.1) is 0 Å². The maximum Gasteiger partial charge on any atom is 0.335 e. The number of aliphatic imine (C=N–C) groups is 1. The lowest BCUT2D eigenvalue weighted by Crippen LogP contribution is -2.31. The fourth-order valence-corrected chi connectivity index (χ4v) is 2.89. The van der Waals surface area contributed by atoms with Crippen molar-refractivity contribution in [3.63, 3.8) is 0 Å². The van der Waals surface area contributed by atoms with E-state index >= 15 is 0 Å². The molecule has 3 rings (SSSR count). The van der Waals surface area contributed by atoms with Gasteiger partial charge in [-0.05, 0) is 54.8 Å². The normalized spacial score (nSPS) is 11.1. The van der Waals surface area contributed by atoms with Gasteiger partial charge in [0.1, 0.15) is 11.3 Å². The molecule has 7 heteroatoms. The summed E-state index contributed by atoms with van der Waals surface area (Å²) in [5.74, 6) is 0.127. The van der Waals surface area contributed by atoms with Crippen molar-refractivity contribution >= 4 is 11.9 Å². The summed E-state index contributed by atoms with van der Waals surface area (Å²) in [4.78, 5) is 30.9. The average Bonchev–Trinajstić information content (AvgIpc) is 2.73. The second kappa shape index (κ2) is 9.05. The standard InChI is InChI=1S/C22H23N3O4/c1-3-4-5-15-6-8-16(9-7-15)23-14-19-20(26)24-22(28)25(21(19)27)17-10-12-18(29-2)13-11-17/h6-14,27H,3-5H2,1-2H3,(H,24,26,28). The molecule has 29 heavy (non-hydrogen) atoms. The minimum Gasteiger partial charge on any atom is -0.497 e. The van der Waals surface area contributed by atoms with E-state index in [0.29, 0.717) is 17.1 Å². The lowest BCUT2D eigenvalue weighted by Gasteiger charge is -2.10. The monoisotopic (exact) mass is 393 g/mol. The first-order valence-electron chi connectivity index (χ1n) is 9.39. The average molecular weight is 393 g/mol. The van der Waals surface area contributed by atoms with Crippen LogP contribution in [-0.2, 0) is 6.42 Å². The van der Waals surface area contributed by atoms with E-state index in [1.807, 2.05) is 24.3 Å². The second-order valence-corrected chi connectivity index (χ2v) is 6.56. The SMILES string of the molecule is CCCCc1ccc(N=Cc2c(O)n(-c3ccc(OC)cc3)c(=O)[nH]c2=O)cc1. The largest absolute Gasteiger partial charge is 0.497 e. The summed E-state index contributed by atoms with van der Waals surface area (Å²) in [5, 5.41) is 10.6. The van der Waals surface area contributed by atoms with Crippen molar-refractivity contribution in [2.24, 2.45) is 4.99 Å². The Balaban J connectivity index is 1.94. The van der Waals surface area contributed by atoms with Gasteiger partial charge in [-0.25, -0.2) is 9.36 Å². The van der Waals surface area contributed by atoms with Crippen molar-refractivity contribution in [2.75, 3.05) is 7.11 Å². The third-order valence-corrected chi connectivity index (χ3v) is 4.55. The Kier molecular flexibility index (Phi) is 6.29. The number of unbranched alkanes of at least 4 members (excludes halogenated alkanes) is 1. The van der Waals surface area contributed by atoms with Gasteiger partial charge in [-0.2, -0.15) is 0 Å². The topological polar surface area (TPSA) is 96.7 Å². The van der Waals surface area contributed by atoms with Gasteiger partial charge in [-0.15, -0.1) is 0 Å². The number of nitrogens with one attached hydrogen (secondary N) is 1. The third kappa shape index (κ3) is 4.63. The van der Waals surface area contributed by atoms with Gasteiger partial charge >= 0.3 is 5.69 Å². The molecule has 0 radical (unpaired) electrons. The molecule has 150 valence electrons. The molecule has 0 aliphatic heterocycles. The number of nitrogens with zero attached hydrogens (tertiary/aromatic N) is 2. The van der Waals surface area contributed by atoms with E-state index in [1.54, 1.807) is 24.3 Å². The van der Waals surface area contributed by atoms with Gasteiger partial charge in [0.25, 0.3) is 5.56 Å². The van der Waals surface area contributed by atoms with Crippen LogP contribution in [0.15, 0.2) is 63.1 Å². The number of aromatic amines is 1. The molecule has 2 N–H and O–H groups in total. The molecule has 7 nitrogen and oxygen atoms in total. The Hall–Kier alpha value is -3.61.